The van der Waals surface area contributed by atoms with Crippen LogP contribution in [0.1, 0.15) is 18.4 Å². The smallest absolute Gasteiger partial charge is 0.317 e. The molecule has 0 spiro atoms. The average molecular weight is 297 g/mol. The van der Waals surface area contributed by atoms with Gasteiger partial charge in [0.2, 0.25) is 5.91 Å². The van der Waals surface area contributed by atoms with Gasteiger partial charge in [-0.25, -0.2) is 0 Å². The highest BCUT2D eigenvalue weighted by Crippen LogP contribution is 2.59. The minimum absolute atomic E-state index is 0.0307. The SMILES string of the molecule is COC(=O)[C@]12c3ccccc3N(C)C(=O)[C@@H]1[C@@H]1C=C[C@H]2CC1. The van der Waals surface area contributed by atoms with Crippen LogP contribution in [0.3, 0.4) is 0 Å². The van der Waals surface area contributed by atoms with Gasteiger partial charge in [-0.3, -0.25) is 9.59 Å². The Morgan fingerprint density at radius 1 is 1.27 bits per heavy atom. The zero-order valence-corrected chi connectivity index (χ0v) is 12.8. The van der Waals surface area contributed by atoms with Crippen LogP contribution in [0.25, 0.3) is 0 Å². The van der Waals surface area contributed by atoms with E-state index in [1.165, 1.54) is 7.11 Å². The number of hydrogen-bond donors (Lipinski definition) is 0. The monoisotopic (exact) mass is 297 g/mol. The van der Waals surface area contributed by atoms with E-state index in [4.69, 9.17) is 4.74 Å². The van der Waals surface area contributed by atoms with Gasteiger partial charge in [0.05, 0.1) is 13.0 Å². The quantitative estimate of drug-likeness (QED) is 0.590. The van der Waals surface area contributed by atoms with Crippen LogP contribution in [0.4, 0.5) is 5.69 Å². The van der Waals surface area contributed by atoms with E-state index in [1.54, 1.807) is 11.9 Å². The fourth-order valence-corrected chi connectivity index (χ4v) is 4.81. The number of amides is 1. The number of nitrogens with zero attached hydrogens (tertiary/aromatic N) is 1. The van der Waals surface area contributed by atoms with Crippen LogP contribution in [-0.4, -0.2) is 26.0 Å². The van der Waals surface area contributed by atoms with Crippen molar-refractivity contribution in [3.8, 4) is 0 Å². The van der Waals surface area contributed by atoms with Crippen molar-refractivity contribution in [1.82, 2.24) is 0 Å². The molecule has 22 heavy (non-hydrogen) atoms. The van der Waals surface area contributed by atoms with E-state index in [0.29, 0.717) is 0 Å². The van der Waals surface area contributed by atoms with Gasteiger partial charge in [-0.05, 0) is 36.3 Å². The van der Waals surface area contributed by atoms with Gasteiger partial charge >= 0.3 is 5.97 Å². The minimum atomic E-state index is -0.855. The highest BCUT2D eigenvalue weighted by molar-refractivity contribution is 6.06. The number of ether oxygens (including phenoxy) is 1. The van der Waals surface area contributed by atoms with Crippen molar-refractivity contribution in [2.24, 2.45) is 17.8 Å². The molecule has 2 bridgehead atoms. The lowest BCUT2D eigenvalue weighted by atomic mass is 9.49. The first-order chi connectivity index (χ1) is 10.6. The molecule has 5 rings (SSSR count). The van der Waals surface area contributed by atoms with Crippen molar-refractivity contribution in [3.05, 3.63) is 42.0 Å². The van der Waals surface area contributed by atoms with E-state index in [2.05, 4.69) is 12.2 Å². The molecule has 0 N–H and O–H groups in total. The van der Waals surface area contributed by atoms with E-state index in [-0.39, 0.29) is 29.6 Å². The Morgan fingerprint density at radius 3 is 2.73 bits per heavy atom. The second-order valence-corrected chi connectivity index (χ2v) is 6.49. The number of allylic oxidation sites excluding steroid dienone is 2. The van der Waals surface area contributed by atoms with E-state index in [9.17, 15) is 9.59 Å². The molecule has 1 aliphatic heterocycles. The normalized spacial score (nSPS) is 35.1. The lowest BCUT2D eigenvalue weighted by Crippen LogP contribution is -2.63. The molecule has 0 saturated heterocycles. The Hall–Kier alpha value is -2.10. The lowest BCUT2D eigenvalue weighted by Gasteiger charge is -2.55. The number of rotatable bonds is 1. The molecule has 3 aliphatic carbocycles. The molecule has 1 fully saturated rings. The molecular formula is C18H19NO3. The molecular weight excluding hydrogens is 278 g/mol. The fourth-order valence-electron chi connectivity index (χ4n) is 4.81. The van der Waals surface area contributed by atoms with Gasteiger partial charge in [0, 0.05) is 12.7 Å². The van der Waals surface area contributed by atoms with Crippen LogP contribution in [0, 0.1) is 17.8 Å². The van der Waals surface area contributed by atoms with E-state index in [0.717, 1.165) is 24.1 Å². The zero-order valence-electron chi connectivity index (χ0n) is 12.8. The summed E-state index contributed by atoms with van der Waals surface area (Å²) in [5.74, 6) is -0.432. The van der Waals surface area contributed by atoms with Crippen molar-refractivity contribution >= 4 is 17.6 Å². The maximum atomic E-state index is 13.0. The molecule has 1 heterocycles. The topological polar surface area (TPSA) is 46.6 Å². The number of anilines is 1. The predicted octanol–water partition coefficient (Wildman–Crippen LogP) is 2.29. The van der Waals surface area contributed by atoms with Crippen LogP contribution >= 0.6 is 0 Å². The summed E-state index contributed by atoms with van der Waals surface area (Å²) in [6, 6.07) is 7.75. The van der Waals surface area contributed by atoms with Crippen molar-refractivity contribution in [2.75, 3.05) is 19.1 Å². The highest BCUT2D eigenvalue weighted by atomic mass is 16.5. The molecule has 4 aliphatic rings. The number of fused-ring (bicyclic) bond motifs is 2. The maximum absolute atomic E-state index is 13.0. The molecule has 0 aromatic heterocycles. The molecule has 4 nitrogen and oxygen atoms in total. The summed E-state index contributed by atoms with van der Waals surface area (Å²) in [7, 11) is 3.22. The first kappa shape index (κ1) is 13.6. The molecule has 1 aromatic carbocycles. The van der Waals surface area contributed by atoms with Crippen LogP contribution in [0.15, 0.2) is 36.4 Å². The molecule has 0 unspecified atom stereocenters. The molecule has 114 valence electrons. The summed E-state index contributed by atoms with van der Waals surface area (Å²) in [5, 5.41) is 0. The second-order valence-electron chi connectivity index (χ2n) is 6.49. The van der Waals surface area contributed by atoms with Crippen molar-refractivity contribution in [2.45, 2.75) is 18.3 Å². The number of carbonyl (C=O) groups excluding carboxylic acids is 2. The van der Waals surface area contributed by atoms with E-state index < -0.39 is 5.41 Å². The Kier molecular flexibility index (Phi) is 2.74. The summed E-state index contributed by atoms with van der Waals surface area (Å²) >= 11 is 0. The summed E-state index contributed by atoms with van der Waals surface area (Å²) in [6.45, 7) is 0. The molecule has 4 atom stereocenters. The summed E-state index contributed by atoms with van der Waals surface area (Å²) in [4.78, 5) is 27.6. The molecule has 1 saturated carbocycles. The molecule has 1 amide bonds. The van der Waals surface area contributed by atoms with Gasteiger partial charge in [-0.15, -0.1) is 0 Å². The van der Waals surface area contributed by atoms with Crippen LogP contribution in [0.2, 0.25) is 0 Å². The third-order valence-corrected chi connectivity index (χ3v) is 5.74. The van der Waals surface area contributed by atoms with Gasteiger partial charge in [-0.2, -0.15) is 0 Å². The average Bonchev–Trinajstić information content (AvgIpc) is 2.59. The van der Waals surface area contributed by atoms with Crippen molar-refractivity contribution in [1.29, 1.82) is 0 Å². The predicted molar refractivity (Wildman–Crippen MR) is 82.4 cm³/mol. The summed E-state index contributed by atoms with van der Waals surface area (Å²) in [6.07, 6.45) is 6.14. The lowest BCUT2D eigenvalue weighted by molar-refractivity contribution is -0.160. The van der Waals surface area contributed by atoms with Crippen LogP contribution in [0.5, 0.6) is 0 Å². The number of benzene rings is 1. The molecule has 0 radical (unpaired) electrons. The number of esters is 1. The summed E-state index contributed by atoms with van der Waals surface area (Å²) < 4.78 is 5.20. The highest BCUT2D eigenvalue weighted by Gasteiger charge is 2.65. The Labute approximate surface area is 129 Å². The second kappa shape index (κ2) is 4.45. The summed E-state index contributed by atoms with van der Waals surface area (Å²) in [5.41, 5.74) is 0.912. The Bertz CT molecular complexity index is 695. The van der Waals surface area contributed by atoms with Crippen LogP contribution in [-0.2, 0) is 19.7 Å². The fraction of sp³-hybridized carbons (Fsp3) is 0.444. The number of para-hydroxylation sites is 1. The van der Waals surface area contributed by atoms with Crippen molar-refractivity contribution in [3.63, 3.8) is 0 Å². The van der Waals surface area contributed by atoms with Gasteiger partial charge < -0.3 is 9.64 Å². The zero-order chi connectivity index (χ0) is 15.5. The maximum Gasteiger partial charge on any atom is 0.317 e. The first-order valence-corrected chi connectivity index (χ1v) is 7.76. The van der Waals surface area contributed by atoms with Gasteiger partial charge in [0.25, 0.3) is 0 Å². The Morgan fingerprint density at radius 2 is 2.05 bits per heavy atom. The standard InChI is InChI=1S/C18H19NO3/c1-19-14-6-4-3-5-13(14)18(17(21)22-2)12-9-7-11(8-10-12)15(18)16(19)20/h3-7,9,11-12,15H,8,10H2,1-2H3/t11-,12+,15+,18-/m1/s1. The number of carbonyl (C=O) groups is 2. The first-order valence-electron chi connectivity index (χ1n) is 7.76. The molecule has 4 heteroatoms. The van der Waals surface area contributed by atoms with Gasteiger partial charge in [0.15, 0.2) is 0 Å². The Balaban J connectivity index is 2.06. The van der Waals surface area contributed by atoms with Gasteiger partial charge in [-0.1, -0.05) is 30.4 Å². The molecule has 1 aromatic rings. The third kappa shape index (κ3) is 1.38. The van der Waals surface area contributed by atoms with E-state index >= 15 is 0 Å². The van der Waals surface area contributed by atoms with E-state index in [1.807, 2.05) is 24.3 Å². The van der Waals surface area contributed by atoms with Gasteiger partial charge in [0.1, 0.15) is 5.41 Å². The third-order valence-electron chi connectivity index (χ3n) is 5.74. The van der Waals surface area contributed by atoms with Crippen molar-refractivity contribution < 1.29 is 14.3 Å². The van der Waals surface area contributed by atoms with Crippen LogP contribution < -0.4 is 4.90 Å². The minimum Gasteiger partial charge on any atom is -0.468 e. The largest absolute Gasteiger partial charge is 0.468 e. The number of methoxy groups -OCH3 is 1. The number of hydrogen-bond acceptors (Lipinski definition) is 3.